The lowest BCUT2D eigenvalue weighted by molar-refractivity contribution is 0.415. The van der Waals surface area contributed by atoms with E-state index in [-0.39, 0.29) is 61.4 Å². The van der Waals surface area contributed by atoms with Gasteiger partial charge in [0.15, 0.2) is 0 Å². The van der Waals surface area contributed by atoms with E-state index in [1.807, 2.05) is 12.1 Å². The number of ether oxygens (including phenoxy) is 1. The molecule has 2 N–H and O–H groups in total. The molecule has 8 bridgehead atoms. The molecule has 0 radical (unpaired) electrons. The second-order valence-electron chi connectivity index (χ2n) is 13.0. The number of aromatic amines is 2. The molecule has 0 fully saturated rings. The zero-order valence-corrected chi connectivity index (χ0v) is 29.2. The molecule has 274 valence electrons. The van der Waals surface area contributed by atoms with Gasteiger partial charge in [0.25, 0.3) is 0 Å². The van der Waals surface area contributed by atoms with Gasteiger partial charge < -0.3 is 14.7 Å². The molecule has 4 aromatic carbocycles. The molecule has 0 spiro atoms. The van der Waals surface area contributed by atoms with Gasteiger partial charge in [0.05, 0.1) is 46.6 Å². The third kappa shape index (κ3) is 5.76. The molecule has 5 heterocycles. The van der Waals surface area contributed by atoms with Gasteiger partial charge in [0.2, 0.25) is 0 Å². The Kier molecular flexibility index (Phi) is 8.42. The van der Waals surface area contributed by atoms with E-state index in [1.54, 1.807) is 36.4 Å². The van der Waals surface area contributed by atoms with E-state index in [0.717, 1.165) is 36.4 Å². The van der Waals surface area contributed by atoms with Gasteiger partial charge in [-0.2, -0.15) is 0 Å². The highest BCUT2D eigenvalue weighted by Crippen LogP contribution is 2.41. The van der Waals surface area contributed by atoms with E-state index < -0.39 is 40.5 Å². The SMILES string of the molecule is COc1ccc(-c2c3nc(c(-c4c(F)cccc4F)c4ccc([nH]4)c(-c4c(F)cccc4F)c4nc(c(-c5c(F)cccc5F)c5ccc2[nH]5)C=C4)C=C3)cc1. The van der Waals surface area contributed by atoms with Crippen molar-refractivity contribution in [2.24, 2.45) is 0 Å². The smallest absolute Gasteiger partial charge is 0.134 e. The van der Waals surface area contributed by atoms with E-state index in [2.05, 4.69) is 9.97 Å². The minimum Gasteiger partial charge on any atom is -0.497 e. The summed E-state index contributed by atoms with van der Waals surface area (Å²) in [6, 6.07) is 23.9. The van der Waals surface area contributed by atoms with Crippen LogP contribution in [0.4, 0.5) is 26.3 Å². The molecule has 0 amide bonds. The first kappa shape index (κ1) is 34.6. The van der Waals surface area contributed by atoms with Crippen molar-refractivity contribution in [3.05, 3.63) is 161 Å². The van der Waals surface area contributed by atoms with E-state index in [1.165, 1.54) is 49.6 Å². The van der Waals surface area contributed by atoms with E-state index >= 15 is 26.3 Å². The molecule has 9 rings (SSSR count). The molecular formula is C45H26F6N4O. The van der Waals surface area contributed by atoms with E-state index in [9.17, 15) is 0 Å². The lowest BCUT2D eigenvalue weighted by Crippen LogP contribution is -1.96. The van der Waals surface area contributed by atoms with Gasteiger partial charge in [0.1, 0.15) is 40.7 Å². The van der Waals surface area contributed by atoms with Crippen LogP contribution in [-0.2, 0) is 0 Å². The van der Waals surface area contributed by atoms with Gasteiger partial charge >= 0.3 is 0 Å². The van der Waals surface area contributed by atoms with Crippen LogP contribution in [0.1, 0.15) is 22.8 Å². The number of fused-ring (bicyclic) bond motifs is 8. The van der Waals surface area contributed by atoms with Crippen LogP contribution in [-0.4, -0.2) is 27.0 Å². The van der Waals surface area contributed by atoms with Gasteiger partial charge in [-0.3, -0.25) is 0 Å². The van der Waals surface area contributed by atoms with Gasteiger partial charge in [-0.1, -0.05) is 30.3 Å². The Balaban J connectivity index is 1.52. The molecule has 0 aliphatic carbocycles. The van der Waals surface area contributed by atoms with Crippen LogP contribution in [0, 0.1) is 34.9 Å². The van der Waals surface area contributed by atoms with Gasteiger partial charge in [-0.15, -0.1) is 0 Å². The fourth-order valence-electron chi connectivity index (χ4n) is 7.27. The third-order valence-corrected chi connectivity index (χ3v) is 9.77. The summed E-state index contributed by atoms with van der Waals surface area (Å²) in [5.74, 6) is -4.69. The molecule has 2 aliphatic heterocycles. The number of methoxy groups -OCH3 is 1. The number of benzene rings is 4. The Hall–Kier alpha value is -7.14. The summed E-state index contributed by atoms with van der Waals surface area (Å²) < 4.78 is 99.8. The quantitative estimate of drug-likeness (QED) is 0.172. The lowest BCUT2D eigenvalue weighted by Gasteiger charge is -2.09. The van der Waals surface area contributed by atoms with Crippen LogP contribution in [0.25, 0.3) is 90.9 Å². The molecule has 0 saturated heterocycles. The molecule has 0 unspecified atom stereocenters. The number of H-pyrrole nitrogens is 2. The van der Waals surface area contributed by atoms with Gasteiger partial charge in [-0.25, -0.2) is 36.3 Å². The second kappa shape index (κ2) is 13.6. The number of nitrogens with zero attached hydrogens (tertiary/aromatic N) is 2. The molecule has 5 nitrogen and oxygen atoms in total. The largest absolute Gasteiger partial charge is 0.497 e. The molecule has 3 aromatic heterocycles. The Labute approximate surface area is 315 Å². The number of halogens is 6. The summed E-state index contributed by atoms with van der Waals surface area (Å²) in [7, 11) is 1.54. The van der Waals surface area contributed by atoms with Crippen LogP contribution in [0.5, 0.6) is 5.75 Å². The number of aromatic nitrogens is 4. The minimum atomic E-state index is -0.915. The molecule has 56 heavy (non-hydrogen) atoms. The molecule has 0 saturated carbocycles. The van der Waals surface area contributed by atoms with Crippen molar-refractivity contribution in [1.82, 2.24) is 19.9 Å². The molecule has 7 aromatic rings. The second-order valence-corrected chi connectivity index (χ2v) is 13.0. The fourth-order valence-corrected chi connectivity index (χ4v) is 7.27. The van der Waals surface area contributed by atoms with Crippen molar-refractivity contribution < 1.29 is 31.1 Å². The highest BCUT2D eigenvalue weighted by molar-refractivity contribution is 6.00. The summed E-state index contributed by atoms with van der Waals surface area (Å²) in [6.07, 6.45) is 6.29. The van der Waals surface area contributed by atoms with Crippen molar-refractivity contribution in [3.8, 4) is 50.3 Å². The van der Waals surface area contributed by atoms with Crippen LogP contribution in [0.2, 0.25) is 0 Å². The topological polar surface area (TPSA) is 66.6 Å². The zero-order chi connectivity index (χ0) is 38.7. The molecular weight excluding hydrogens is 727 g/mol. The minimum absolute atomic E-state index is 0.0432. The van der Waals surface area contributed by atoms with Crippen LogP contribution < -0.4 is 4.74 Å². The van der Waals surface area contributed by atoms with E-state index in [4.69, 9.17) is 14.7 Å². The summed E-state index contributed by atoms with van der Waals surface area (Å²) in [5.41, 5.74) is 1.80. The Morgan fingerprint density at radius 1 is 0.375 bits per heavy atom. The lowest BCUT2D eigenvalue weighted by atomic mass is 10.0. The van der Waals surface area contributed by atoms with E-state index in [0.29, 0.717) is 28.1 Å². The van der Waals surface area contributed by atoms with Crippen molar-refractivity contribution in [1.29, 1.82) is 0 Å². The maximum atomic E-state index is 15.7. The van der Waals surface area contributed by atoms with Crippen LogP contribution >= 0.6 is 0 Å². The third-order valence-electron chi connectivity index (χ3n) is 9.77. The summed E-state index contributed by atoms with van der Waals surface area (Å²) in [5, 5.41) is 0. The van der Waals surface area contributed by atoms with Crippen molar-refractivity contribution in [2.75, 3.05) is 7.11 Å². The number of nitrogens with one attached hydrogen (secondary N) is 2. The van der Waals surface area contributed by atoms with Crippen molar-refractivity contribution in [3.63, 3.8) is 0 Å². The van der Waals surface area contributed by atoms with Crippen molar-refractivity contribution >= 4 is 46.4 Å². The highest BCUT2D eigenvalue weighted by Gasteiger charge is 2.25. The first-order valence-electron chi connectivity index (χ1n) is 17.3. The average Bonchev–Trinajstić information content (AvgIpc) is 4.03. The highest BCUT2D eigenvalue weighted by atomic mass is 19.2. The van der Waals surface area contributed by atoms with Gasteiger partial charge in [-0.05, 0) is 103 Å². The average molecular weight is 753 g/mol. The van der Waals surface area contributed by atoms with Crippen LogP contribution in [0.3, 0.4) is 0 Å². The Morgan fingerprint density at radius 2 is 0.679 bits per heavy atom. The molecule has 0 atom stereocenters. The van der Waals surface area contributed by atoms with Crippen molar-refractivity contribution in [2.45, 2.75) is 0 Å². The maximum Gasteiger partial charge on any atom is 0.134 e. The predicted octanol–water partition coefficient (Wildman–Crippen LogP) is 12.2. The number of hydrogen-bond acceptors (Lipinski definition) is 3. The van der Waals surface area contributed by atoms with Crippen LogP contribution in [0.15, 0.2) is 103 Å². The normalized spacial score (nSPS) is 12.1. The first-order chi connectivity index (χ1) is 27.2. The fraction of sp³-hybridized carbons (Fsp3) is 0.0222. The Bertz CT molecular complexity index is 2870. The Morgan fingerprint density at radius 3 is 1.00 bits per heavy atom. The molecule has 2 aliphatic rings. The maximum absolute atomic E-state index is 15.7. The number of rotatable bonds is 5. The first-order valence-corrected chi connectivity index (χ1v) is 17.3. The molecule has 11 heteroatoms. The zero-order valence-electron chi connectivity index (χ0n) is 29.2. The predicted molar refractivity (Wildman–Crippen MR) is 207 cm³/mol. The monoisotopic (exact) mass is 752 g/mol. The van der Waals surface area contributed by atoms with Gasteiger partial charge in [0, 0.05) is 44.3 Å². The standard InChI is InChI=1S/C45H26F6N4O/c1-56-24-13-11-23(12-14-24)39-31-15-17-33(52-31)43(40-25(46)5-2-6-26(40)47)35-19-21-37(54-35)45(42-29(50)9-4-10-30(42)51)38-22-20-36(55-38)44(34-18-16-32(39)53-34)41-27(48)7-3-8-28(41)49/h2-22,52,55H,1H3. The summed E-state index contributed by atoms with van der Waals surface area (Å²) >= 11 is 0. The summed E-state index contributed by atoms with van der Waals surface area (Å²) in [6.45, 7) is 0. The number of hydrogen-bond donors (Lipinski definition) is 2. The summed E-state index contributed by atoms with van der Waals surface area (Å²) in [4.78, 5) is 16.1.